The molecule has 23 heavy (non-hydrogen) atoms. The van der Waals surface area contributed by atoms with Gasteiger partial charge in [-0.05, 0) is 5.56 Å². The van der Waals surface area contributed by atoms with Crippen molar-refractivity contribution in [1.82, 2.24) is 19.1 Å². The third kappa shape index (κ3) is 2.78. The highest BCUT2D eigenvalue weighted by atomic mass is 16.5. The smallest absolute Gasteiger partial charge is 0.330 e. The van der Waals surface area contributed by atoms with E-state index in [-0.39, 0.29) is 17.7 Å². The normalized spacial score (nSPS) is 10.8. The summed E-state index contributed by atoms with van der Waals surface area (Å²) < 4.78 is 7.29. The summed E-state index contributed by atoms with van der Waals surface area (Å²) in [5.74, 6) is -0.599. The Morgan fingerprint density at radius 3 is 2.70 bits per heavy atom. The highest BCUT2D eigenvalue weighted by Crippen LogP contribution is 2.09. The van der Waals surface area contributed by atoms with E-state index < -0.39 is 17.2 Å². The van der Waals surface area contributed by atoms with Gasteiger partial charge in [0.05, 0.1) is 13.4 Å². The van der Waals surface area contributed by atoms with E-state index in [2.05, 4.69) is 14.7 Å². The van der Waals surface area contributed by atoms with Crippen molar-refractivity contribution < 1.29 is 9.53 Å². The molecule has 0 saturated heterocycles. The number of nitrogens with zero attached hydrogens (tertiary/aromatic N) is 3. The Morgan fingerprint density at radius 2 is 2.00 bits per heavy atom. The van der Waals surface area contributed by atoms with Gasteiger partial charge in [-0.2, -0.15) is 0 Å². The van der Waals surface area contributed by atoms with Crippen molar-refractivity contribution in [3.8, 4) is 0 Å². The van der Waals surface area contributed by atoms with E-state index in [0.717, 1.165) is 10.1 Å². The SMILES string of the molecule is COC(=O)Cn1c(=O)[nH]c(=O)c2c1ncn2Cc1ccccc1. The molecule has 0 bridgehead atoms. The van der Waals surface area contributed by atoms with Gasteiger partial charge >= 0.3 is 11.7 Å². The lowest BCUT2D eigenvalue weighted by Crippen LogP contribution is -2.33. The van der Waals surface area contributed by atoms with Crippen LogP contribution in [0.4, 0.5) is 0 Å². The molecule has 0 fully saturated rings. The first kappa shape index (κ1) is 14.8. The second-order valence-electron chi connectivity index (χ2n) is 4.95. The van der Waals surface area contributed by atoms with Crippen LogP contribution >= 0.6 is 0 Å². The molecule has 2 heterocycles. The molecular formula is C15H14N4O4. The molecule has 0 aliphatic carbocycles. The van der Waals surface area contributed by atoms with E-state index in [4.69, 9.17) is 0 Å². The number of hydrogen-bond acceptors (Lipinski definition) is 5. The Kier molecular flexibility index (Phi) is 3.80. The number of carbonyl (C=O) groups is 1. The number of benzene rings is 1. The molecule has 0 amide bonds. The molecule has 2 aromatic heterocycles. The van der Waals surface area contributed by atoms with E-state index in [9.17, 15) is 14.4 Å². The number of aromatic amines is 1. The quantitative estimate of drug-likeness (QED) is 0.689. The summed E-state index contributed by atoms with van der Waals surface area (Å²) in [6, 6.07) is 9.53. The number of hydrogen-bond donors (Lipinski definition) is 1. The monoisotopic (exact) mass is 314 g/mol. The van der Waals surface area contributed by atoms with Gasteiger partial charge in [0.2, 0.25) is 0 Å². The molecule has 0 saturated carbocycles. The molecule has 1 aromatic carbocycles. The summed E-state index contributed by atoms with van der Waals surface area (Å²) >= 11 is 0. The average molecular weight is 314 g/mol. The standard InChI is InChI=1S/C15H14N4O4/c1-23-11(20)8-19-13-12(14(21)17-15(19)22)18(9-16-13)7-10-5-3-2-4-6-10/h2-6,9H,7-8H2,1H3,(H,17,21,22). The first-order valence-corrected chi connectivity index (χ1v) is 6.89. The van der Waals surface area contributed by atoms with Gasteiger partial charge in [0.25, 0.3) is 5.56 Å². The topological polar surface area (TPSA) is 99.0 Å². The predicted molar refractivity (Wildman–Crippen MR) is 82.2 cm³/mol. The lowest BCUT2D eigenvalue weighted by atomic mass is 10.2. The molecule has 3 aromatic rings. The van der Waals surface area contributed by atoms with Crippen molar-refractivity contribution in [2.24, 2.45) is 0 Å². The second-order valence-corrected chi connectivity index (χ2v) is 4.95. The van der Waals surface area contributed by atoms with Crippen molar-refractivity contribution in [3.05, 3.63) is 63.1 Å². The fourth-order valence-electron chi connectivity index (χ4n) is 2.36. The van der Waals surface area contributed by atoms with E-state index in [0.29, 0.717) is 6.54 Å². The Bertz CT molecular complexity index is 969. The van der Waals surface area contributed by atoms with Crippen LogP contribution in [-0.4, -0.2) is 32.2 Å². The van der Waals surface area contributed by atoms with Crippen molar-refractivity contribution in [1.29, 1.82) is 0 Å². The number of imidazole rings is 1. The zero-order valence-corrected chi connectivity index (χ0v) is 12.4. The largest absolute Gasteiger partial charge is 0.468 e. The molecule has 118 valence electrons. The van der Waals surface area contributed by atoms with Crippen LogP contribution in [0.15, 0.2) is 46.2 Å². The zero-order chi connectivity index (χ0) is 16.4. The van der Waals surface area contributed by atoms with Crippen LogP contribution in [0.2, 0.25) is 0 Å². The van der Waals surface area contributed by atoms with E-state index in [1.165, 1.54) is 13.4 Å². The zero-order valence-electron chi connectivity index (χ0n) is 12.4. The number of H-pyrrole nitrogens is 1. The number of ether oxygens (including phenoxy) is 1. The molecule has 1 N–H and O–H groups in total. The maximum absolute atomic E-state index is 12.1. The van der Waals surface area contributed by atoms with Crippen LogP contribution in [0.1, 0.15) is 5.56 Å². The number of esters is 1. The van der Waals surface area contributed by atoms with E-state index >= 15 is 0 Å². The van der Waals surface area contributed by atoms with Crippen LogP contribution in [0.25, 0.3) is 11.2 Å². The average Bonchev–Trinajstić information content (AvgIpc) is 2.96. The van der Waals surface area contributed by atoms with Crippen LogP contribution in [-0.2, 0) is 22.6 Å². The van der Waals surface area contributed by atoms with Crippen molar-refractivity contribution >= 4 is 17.1 Å². The first-order chi connectivity index (χ1) is 11.1. The molecule has 8 nitrogen and oxygen atoms in total. The first-order valence-electron chi connectivity index (χ1n) is 6.89. The summed E-state index contributed by atoms with van der Waals surface area (Å²) in [5.41, 5.74) is 0.131. The number of carbonyl (C=O) groups excluding carboxylic acids is 1. The Morgan fingerprint density at radius 1 is 1.26 bits per heavy atom. The lowest BCUT2D eigenvalue weighted by Gasteiger charge is -2.06. The summed E-state index contributed by atoms with van der Waals surface area (Å²) in [6.07, 6.45) is 1.47. The van der Waals surface area contributed by atoms with Crippen molar-refractivity contribution in [2.75, 3.05) is 7.11 Å². The molecule has 0 aliphatic rings. The Balaban J connectivity index is 2.13. The molecule has 0 radical (unpaired) electrons. The fourth-order valence-corrected chi connectivity index (χ4v) is 2.36. The van der Waals surface area contributed by atoms with Crippen LogP contribution < -0.4 is 11.2 Å². The van der Waals surface area contributed by atoms with Gasteiger partial charge < -0.3 is 9.30 Å². The van der Waals surface area contributed by atoms with Gasteiger partial charge in [-0.25, -0.2) is 9.78 Å². The molecule has 3 rings (SSSR count). The molecule has 0 spiro atoms. The Hall–Kier alpha value is -3.16. The molecule has 0 aliphatic heterocycles. The van der Waals surface area contributed by atoms with Crippen LogP contribution in [0.5, 0.6) is 0 Å². The number of aromatic nitrogens is 4. The van der Waals surface area contributed by atoms with E-state index in [1.807, 2.05) is 30.3 Å². The molecule has 8 heteroatoms. The maximum atomic E-state index is 12.1. The number of methoxy groups -OCH3 is 1. The summed E-state index contributed by atoms with van der Waals surface area (Å²) in [6.45, 7) is 0.113. The predicted octanol–water partition coefficient (Wildman–Crippen LogP) is 0.108. The Labute approximate surface area is 130 Å². The minimum atomic E-state index is -0.696. The lowest BCUT2D eigenvalue weighted by molar-refractivity contribution is -0.141. The third-order valence-electron chi connectivity index (χ3n) is 3.47. The van der Waals surface area contributed by atoms with Gasteiger partial charge in [0, 0.05) is 6.54 Å². The summed E-state index contributed by atoms with van der Waals surface area (Å²) in [5, 5.41) is 0. The van der Waals surface area contributed by atoms with Gasteiger partial charge in [0.15, 0.2) is 11.2 Å². The number of nitrogens with one attached hydrogen (secondary N) is 1. The summed E-state index contributed by atoms with van der Waals surface area (Å²) in [4.78, 5) is 41.8. The minimum absolute atomic E-state index is 0.153. The van der Waals surface area contributed by atoms with E-state index in [1.54, 1.807) is 4.57 Å². The van der Waals surface area contributed by atoms with Crippen molar-refractivity contribution in [2.45, 2.75) is 13.1 Å². The third-order valence-corrected chi connectivity index (χ3v) is 3.47. The molecule has 0 unspecified atom stereocenters. The van der Waals surface area contributed by atoms with Gasteiger partial charge in [-0.3, -0.25) is 19.1 Å². The second kappa shape index (κ2) is 5.91. The van der Waals surface area contributed by atoms with Gasteiger partial charge in [-0.15, -0.1) is 0 Å². The van der Waals surface area contributed by atoms with Crippen LogP contribution in [0, 0.1) is 0 Å². The fraction of sp³-hybridized carbons (Fsp3) is 0.200. The molecule has 0 atom stereocenters. The minimum Gasteiger partial charge on any atom is -0.468 e. The van der Waals surface area contributed by atoms with Gasteiger partial charge in [0.1, 0.15) is 6.54 Å². The summed E-state index contributed by atoms with van der Waals surface area (Å²) in [7, 11) is 1.23. The highest BCUT2D eigenvalue weighted by molar-refractivity contribution is 5.74. The maximum Gasteiger partial charge on any atom is 0.330 e. The number of rotatable bonds is 4. The molecular weight excluding hydrogens is 300 g/mol. The number of fused-ring (bicyclic) bond motifs is 1. The highest BCUT2D eigenvalue weighted by Gasteiger charge is 2.16. The van der Waals surface area contributed by atoms with Crippen molar-refractivity contribution in [3.63, 3.8) is 0 Å². The van der Waals surface area contributed by atoms with Crippen LogP contribution in [0.3, 0.4) is 0 Å². The van der Waals surface area contributed by atoms with Gasteiger partial charge in [-0.1, -0.05) is 30.3 Å².